The summed E-state index contributed by atoms with van der Waals surface area (Å²) in [6.07, 6.45) is 0. The van der Waals surface area contributed by atoms with Crippen LogP contribution in [0.4, 0.5) is 5.69 Å². The van der Waals surface area contributed by atoms with E-state index in [-0.39, 0.29) is 10.7 Å². The molecule has 7 heteroatoms. The summed E-state index contributed by atoms with van der Waals surface area (Å²) < 4.78 is 27.1. The fourth-order valence-electron chi connectivity index (χ4n) is 1.78. The van der Waals surface area contributed by atoms with E-state index >= 15 is 0 Å². The van der Waals surface area contributed by atoms with Gasteiger partial charge in [-0.3, -0.25) is 14.6 Å². The first kappa shape index (κ1) is 14.3. The minimum absolute atomic E-state index is 0.0465. The van der Waals surface area contributed by atoms with Gasteiger partial charge >= 0.3 is 0 Å². The number of nitrogens with one attached hydrogen (secondary N) is 2. The SMILES string of the molecule is CC(=O)c1cccc(S(=O)(=O)Nc2c(C)n[nH]c2C)c1. The molecule has 2 aromatic rings. The molecule has 0 spiro atoms. The highest BCUT2D eigenvalue weighted by Crippen LogP contribution is 2.21. The molecule has 0 aliphatic carbocycles. The number of aromatic amines is 1. The van der Waals surface area contributed by atoms with Crippen LogP contribution in [0.2, 0.25) is 0 Å². The lowest BCUT2D eigenvalue weighted by atomic mass is 10.2. The fraction of sp³-hybridized carbons (Fsp3) is 0.231. The molecule has 0 radical (unpaired) electrons. The molecule has 0 amide bonds. The van der Waals surface area contributed by atoms with Crippen molar-refractivity contribution in [3.63, 3.8) is 0 Å². The van der Waals surface area contributed by atoms with Crippen LogP contribution in [-0.4, -0.2) is 24.4 Å². The largest absolute Gasteiger partial charge is 0.295 e. The summed E-state index contributed by atoms with van der Waals surface area (Å²) in [6, 6.07) is 5.92. The zero-order valence-corrected chi connectivity index (χ0v) is 12.2. The average Bonchev–Trinajstić information content (AvgIpc) is 2.70. The summed E-state index contributed by atoms with van der Waals surface area (Å²) in [5.41, 5.74) is 1.98. The van der Waals surface area contributed by atoms with Crippen LogP contribution < -0.4 is 4.72 Å². The van der Waals surface area contributed by atoms with Crippen molar-refractivity contribution in [2.75, 3.05) is 4.72 Å². The van der Waals surface area contributed by atoms with Crippen molar-refractivity contribution in [1.29, 1.82) is 0 Å². The Labute approximate surface area is 117 Å². The van der Waals surface area contributed by atoms with E-state index in [0.717, 1.165) is 0 Å². The molecule has 2 rings (SSSR count). The molecule has 0 fully saturated rings. The Morgan fingerprint density at radius 3 is 2.55 bits per heavy atom. The molecule has 0 saturated carbocycles. The molecule has 0 aliphatic rings. The normalized spacial score (nSPS) is 11.3. The highest BCUT2D eigenvalue weighted by atomic mass is 32.2. The van der Waals surface area contributed by atoms with Crippen molar-refractivity contribution in [3.05, 3.63) is 41.2 Å². The van der Waals surface area contributed by atoms with Gasteiger partial charge in [-0.25, -0.2) is 8.42 Å². The Morgan fingerprint density at radius 2 is 2.00 bits per heavy atom. The highest BCUT2D eigenvalue weighted by Gasteiger charge is 2.18. The van der Waals surface area contributed by atoms with E-state index < -0.39 is 10.0 Å². The molecular formula is C13H15N3O3S. The van der Waals surface area contributed by atoms with Crippen LogP contribution in [0.1, 0.15) is 28.7 Å². The van der Waals surface area contributed by atoms with Crippen molar-refractivity contribution in [2.45, 2.75) is 25.7 Å². The number of carbonyl (C=O) groups is 1. The summed E-state index contributed by atoms with van der Waals surface area (Å²) in [6.45, 7) is 4.82. The van der Waals surface area contributed by atoms with Gasteiger partial charge in [0.05, 0.1) is 22.0 Å². The molecule has 1 aromatic carbocycles. The third-order valence-electron chi connectivity index (χ3n) is 2.92. The molecule has 1 aromatic heterocycles. The van der Waals surface area contributed by atoms with Crippen LogP contribution in [0.15, 0.2) is 29.2 Å². The quantitative estimate of drug-likeness (QED) is 0.844. The highest BCUT2D eigenvalue weighted by molar-refractivity contribution is 7.92. The van der Waals surface area contributed by atoms with Crippen LogP contribution in [-0.2, 0) is 10.0 Å². The summed E-state index contributed by atoms with van der Waals surface area (Å²) in [4.78, 5) is 11.4. The monoisotopic (exact) mass is 293 g/mol. The lowest BCUT2D eigenvalue weighted by Gasteiger charge is -2.08. The number of Topliss-reactive ketones (excluding diaryl/α,β-unsaturated/α-hetero) is 1. The maximum absolute atomic E-state index is 12.3. The summed E-state index contributed by atoms with van der Waals surface area (Å²) in [7, 11) is -3.75. The van der Waals surface area contributed by atoms with E-state index in [0.29, 0.717) is 22.6 Å². The minimum atomic E-state index is -3.75. The minimum Gasteiger partial charge on any atom is -0.295 e. The molecule has 0 saturated heterocycles. The third kappa shape index (κ3) is 2.72. The van der Waals surface area contributed by atoms with Gasteiger partial charge in [0.25, 0.3) is 10.0 Å². The van der Waals surface area contributed by atoms with Crippen LogP contribution in [0.25, 0.3) is 0 Å². The molecule has 106 valence electrons. The number of benzene rings is 1. The Hall–Kier alpha value is -2.15. The van der Waals surface area contributed by atoms with Gasteiger partial charge in [-0.15, -0.1) is 0 Å². The first-order chi connectivity index (χ1) is 9.31. The van der Waals surface area contributed by atoms with Crippen molar-refractivity contribution in [1.82, 2.24) is 10.2 Å². The first-order valence-corrected chi connectivity index (χ1v) is 7.45. The number of anilines is 1. The number of ketones is 1. The van der Waals surface area contributed by atoms with Crippen LogP contribution in [0.3, 0.4) is 0 Å². The second-order valence-electron chi connectivity index (χ2n) is 4.50. The van der Waals surface area contributed by atoms with Crippen LogP contribution >= 0.6 is 0 Å². The number of carbonyl (C=O) groups excluding carboxylic acids is 1. The van der Waals surface area contributed by atoms with Gasteiger partial charge in [-0.1, -0.05) is 12.1 Å². The van der Waals surface area contributed by atoms with E-state index in [1.807, 2.05) is 0 Å². The fourth-order valence-corrected chi connectivity index (χ4v) is 3.00. The van der Waals surface area contributed by atoms with Crippen molar-refractivity contribution >= 4 is 21.5 Å². The van der Waals surface area contributed by atoms with Gasteiger partial charge in [-0.2, -0.15) is 5.10 Å². The smallest absolute Gasteiger partial charge is 0.262 e. The maximum Gasteiger partial charge on any atom is 0.262 e. The van der Waals surface area contributed by atoms with E-state index in [2.05, 4.69) is 14.9 Å². The van der Waals surface area contributed by atoms with E-state index in [1.54, 1.807) is 26.0 Å². The molecule has 0 aliphatic heterocycles. The third-order valence-corrected chi connectivity index (χ3v) is 4.26. The summed E-state index contributed by atoms with van der Waals surface area (Å²) >= 11 is 0. The average molecular weight is 293 g/mol. The number of hydrogen-bond donors (Lipinski definition) is 2. The Balaban J connectivity index is 2.41. The molecule has 2 N–H and O–H groups in total. The molecule has 20 heavy (non-hydrogen) atoms. The van der Waals surface area contributed by atoms with Crippen LogP contribution in [0.5, 0.6) is 0 Å². The number of hydrogen-bond acceptors (Lipinski definition) is 4. The van der Waals surface area contributed by atoms with Crippen molar-refractivity contribution < 1.29 is 13.2 Å². The zero-order chi connectivity index (χ0) is 14.9. The molecule has 0 unspecified atom stereocenters. The van der Waals surface area contributed by atoms with Crippen molar-refractivity contribution in [2.24, 2.45) is 0 Å². The molecule has 6 nitrogen and oxygen atoms in total. The van der Waals surface area contributed by atoms with Gasteiger partial charge in [-0.05, 0) is 32.9 Å². The molecular weight excluding hydrogens is 278 g/mol. The lowest BCUT2D eigenvalue weighted by Crippen LogP contribution is -2.14. The standard InChI is InChI=1S/C13H15N3O3S/c1-8-13(9(2)15-14-8)16-20(18,19)12-6-4-5-11(7-12)10(3)17/h4-7,16H,1-3H3,(H,14,15). The van der Waals surface area contributed by atoms with Gasteiger partial charge in [0.2, 0.25) is 0 Å². The van der Waals surface area contributed by atoms with Gasteiger partial charge in [0, 0.05) is 5.56 Å². The second kappa shape index (κ2) is 5.09. The van der Waals surface area contributed by atoms with E-state index in [9.17, 15) is 13.2 Å². The van der Waals surface area contributed by atoms with Crippen LogP contribution in [0, 0.1) is 13.8 Å². The van der Waals surface area contributed by atoms with E-state index in [4.69, 9.17) is 0 Å². The first-order valence-electron chi connectivity index (χ1n) is 5.96. The lowest BCUT2D eigenvalue weighted by molar-refractivity contribution is 0.101. The number of nitrogens with zero attached hydrogens (tertiary/aromatic N) is 1. The second-order valence-corrected chi connectivity index (χ2v) is 6.18. The maximum atomic E-state index is 12.3. The van der Waals surface area contributed by atoms with Gasteiger partial charge in [0.1, 0.15) is 0 Å². The zero-order valence-electron chi connectivity index (χ0n) is 11.4. The van der Waals surface area contributed by atoms with E-state index in [1.165, 1.54) is 19.1 Å². The molecule has 0 bridgehead atoms. The van der Waals surface area contributed by atoms with Gasteiger partial charge in [0.15, 0.2) is 5.78 Å². The Kier molecular flexibility index (Phi) is 3.63. The number of aromatic nitrogens is 2. The number of rotatable bonds is 4. The predicted molar refractivity (Wildman–Crippen MR) is 75.3 cm³/mol. The van der Waals surface area contributed by atoms with Gasteiger partial charge < -0.3 is 0 Å². The summed E-state index contributed by atoms with van der Waals surface area (Å²) in [5.74, 6) is -0.183. The Morgan fingerprint density at radius 1 is 1.30 bits per heavy atom. The number of sulfonamides is 1. The topological polar surface area (TPSA) is 91.9 Å². The number of H-pyrrole nitrogens is 1. The molecule has 1 heterocycles. The summed E-state index contributed by atoms with van der Waals surface area (Å²) in [5, 5.41) is 6.64. The van der Waals surface area contributed by atoms with Crippen molar-refractivity contribution in [3.8, 4) is 0 Å². The molecule has 0 atom stereocenters. The Bertz CT molecular complexity index is 743. The predicted octanol–water partition coefficient (Wildman–Crippen LogP) is 2.03. The number of aryl methyl sites for hydroxylation is 2.